The number of nitrogens with zero attached hydrogens (tertiary/aromatic N) is 2. The smallest absolute Gasteiger partial charge is 0.268 e. The summed E-state index contributed by atoms with van der Waals surface area (Å²) in [7, 11) is 0. The molecular formula is C14H21N3O2S. The first-order chi connectivity index (χ1) is 9.56. The van der Waals surface area contributed by atoms with Gasteiger partial charge in [0.25, 0.3) is 5.89 Å². The third kappa shape index (κ3) is 2.58. The van der Waals surface area contributed by atoms with Crippen LogP contribution in [0.3, 0.4) is 0 Å². The number of aromatic nitrogens is 2. The Morgan fingerprint density at radius 3 is 2.55 bits per heavy atom. The molecule has 5 nitrogen and oxygen atoms in total. The fourth-order valence-corrected chi connectivity index (χ4v) is 3.19. The molecule has 2 aromatic rings. The molecule has 0 saturated heterocycles. The maximum absolute atomic E-state index is 5.89. The van der Waals surface area contributed by atoms with Gasteiger partial charge in [0.15, 0.2) is 0 Å². The number of nitrogen functional groups attached to an aromatic ring is 1. The molecule has 0 aliphatic heterocycles. The standard InChI is InChI=1S/C14H21N3O2S/c1-5-14(6-2,18-7-3)13-16-12(19-17-13)11-9(4)8-10(15)20-11/h8H,5-7,15H2,1-4H3. The number of anilines is 1. The molecule has 0 aromatic carbocycles. The first-order valence-electron chi connectivity index (χ1n) is 6.90. The van der Waals surface area contributed by atoms with E-state index < -0.39 is 5.60 Å². The molecule has 0 amide bonds. The van der Waals surface area contributed by atoms with Crippen molar-refractivity contribution in [3.05, 3.63) is 17.5 Å². The number of rotatable bonds is 6. The second-order valence-corrected chi connectivity index (χ2v) is 5.80. The number of aryl methyl sites for hydroxylation is 1. The van der Waals surface area contributed by atoms with Gasteiger partial charge < -0.3 is 15.0 Å². The summed E-state index contributed by atoms with van der Waals surface area (Å²) in [6.45, 7) is 8.73. The van der Waals surface area contributed by atoms with Crippen LogP contribution in [0, 0.1) is 6.92 Å². The van der Waals surface area contributed by atoms with Crippen molar-refractivity contribution in [1.29, 1.82) is 0 Å². The van der Waals surface area contributed by atoms with Crippen LogP contribution in [0.1, 0.15) is 45.0 Å². The van der Waals surface area contributed by atoms with E-state index in [1.807, 2.05) is 19.9 Å². The van der Waals surface area contributed by atoms with Crippen molar-refractivity contribution < 1.29 is 9.26 Å². The average molecular weight is 295 g/mol. The van der Waals surface area contributed by atoms with E-state index in [2.05, 4.69) is 24.0 Å². The summed E-state index contributed by atoms with van der Waals surface area (Å²) in [4.78, 5) is 5.47. The van der Waals surface area contributed by atoms with Crippen LogP contribution in [-0.2, 0) is 10.3 Å². The largest absolute Gasteiger partial charge is 0.391 e. The fourth-order valence-electron chi connectivity index (χ4n) is 2.33. The van der Waals surface area contributed by atoms with Gasteiger partial charge in [-0.15, -0.1) is 11.3 Å². The molecule has 110 valence electrons. The first-order valence-corrected chi connectivity index (χ1v) is 7.72. The van der Waals surface area contributed by atoms with Crippen molar-refractivity contribution in [2.24, 2.45) is 0 Å². The molecule has 0 saturated carbocycles. The zero-order valence-corrected chi connectivity index (χ0v) is 13.2. The molecule has 6 heteroatoms. The van der Waals surface area contributed by atoms with Crippen LogP contribution in [0.25, 0.3) is 10.8 Å². The first kappa shape index (κ1) is 15.0. The zero-order chi connectivity index (χ0) is 14.8. The van der Waals surface area contributed by atoms with E-state index in [1.165, 1.54) is 11.3 Å². The maximum Gasteiger partial charge on any atom is 0.268 e. The minimum atomic E-state index is -0.465. The van der Waals surface area contributed by atoms with E-state index in [1.54, 1.807) is 0 Å². The second-order valence-electron chi connectivity index (χ2n) is 4.72. The Kier molecular flexibility index (Phi) is 4.45. The van der Waals surface area contributed by atoms with E-state index in [0.29, 0.717) is 18.3 Å². The summed E-state index contributed by atoms with van der Waals surface area (Å²) >= 11 is 1.46. The topological polar surface area (TPSA) is 74.2 Å². The molecule has 0 atom stereocenters. The van der Waals surface area contributed by atoms with Crippen molar-refractivity contribution in [2.75, 3.05) is 12.3 Å². The lowest BCUT2D eigenvalue weighted by Crippen LogP contribution is -2.29. The van der Waals surface area contributed by atoms with Crippen molar-refractivity contribution in [3.63, 3.8) is 0 Å². The third-order valence-electron chi connectivity index (χ3n) is 3.53. The van der Waals surface area contributed by atoms with Crippen molar-refractivity contribution >= 4 is 16.3 Å². The molecule has 2 N–H and O–H groups in total. The van der Waals surface area contributed by atoms with Gasteiger partial charge in [0, 0.05) is 6.61 Å². The molecule has 0 aliphatic carbocycles. The van der Waals surface area contributed by atoms with Crippen molar-refractivity contribution in [3.8, 4) is 10.8 Å². The van der Waals surface area contributed by atoms with Crippen LogP contribution in [-0.4, -0.2) is 16.7 Å². The molecule has 0 aliphatic rings. The van der Waals surface area contributed by atoms with Crippen LogP contribution < -0.4 is 5.73 Å². The summed E-state index contributed by atoms with van der Waals surface area (Å²) in [5.74, 6) is 1.14. The molecule has 0 bridgehead atoms. The highest BCUT2D eigenvalue weighted by atomic mass is 32.1. The molecule has 0 unspecified atom stereocenters. The third-order valence-corrected chi connectivity index (χ3v) is 4.58. The molecule has 2 rings (SSSR count). The predicted molar refractivity (Wildman–Crippen MR) is 80.6 cm³/mol. The molecule has 0 fully saturated rings. The summed E-state index contributed by atoms with van der Waals surface area (Å²) in [6, 6.07) is 1.92. The summed E-state index contributed by atoms with van der Waals surface area (Å²) < 4.78 is 11.3. The van der Waals surface area contributed by atoms with Crippen LogP contribution in [0.2, 0.25) is 0 Å². The highest BCUT2D eigenvalue weighted by Crippen LogP contribution is 2.36. The van der Waals surface area contributed by atoms with Gasteiger partial charge in [0.2, 0.25) is 5.82 Å². The minimum Gasteiger partial charge on any atom is -0.391 e. The maximum atomic E-state index is 5.89. The summed E-state index contributed by atoms with van der Waals surface area (Å²) in [5.41, 5.74) is 6.40. The summed E-state index contributed by atoms with van der Waals surface area (Å²) in [5, 5.41) is 4.88. The van der Waals surface area contributed by atoms with Gasteiger partial charge in [-0.1, -0.05) is 19.0 Å². The van der Waals surface area contributed by atoms with E-state index in [-0.39, 0.29) is 0 Å². The molecule has 0 radical (unpaired) electrons. The van der Waals surface area contributed by atoms with Crippen molar-refractivity contribution in [1.82, 2.24) is 10.1 Å². The molecule has 20 heavy (non-hydrogen) atoms. The summed E-state index contributed by atoms with van der Waals surface area (Å²) in [6.07, 6.45) is 1.61. The van der Waals surface area contributed by atoms with E-state index in [0.717, 1.165) is 28.3 Å². The number of thiophene rings is 1. The Labute approximate surface area is 123 Å². The molecule has 0 spiro atoms. The highest BCUT2D eigenvalue weighted by molar-refractivity contribution is 7.19. The molecule has 2 heterocycles. The number of hydrogen-bond acceptors (Lipinski definition) is 6. The van der Waals surface area contributed by atoms with Gasteiger partial charge in [-0.25, -0.2) is 0 Å². The predicted octanol–water partition coefficient (Wildman–Crippen LogP) is 3.74. The Balaban J connectivity index is 2.39. The normalized spacial score (nSPS) is 12.0. The van der Waals surface area contributed by atoms with Gasteiger partial charge in [-0.05, 0) is 38.3 Å². The Morgan fingerprint density at radius 2 is 2.05 bits per heavy atom. The number of ether oxygens (including phenoxy) is 1. The van der Waals surface area contributed by atoms with Crippen LogP contribution in [0.5, 0.6) is 0 Å². The minimum absolute atomic E-state index is 0.465. The SMILES string of the molecule is CCOC(CC)(CC)c1noc(-c2sc(N)cc2C)n1. The number of hydrogen-bond donors (Lipinski definition) is 1. The van der Waals surface area contributed by atoms with Crippen LogP contribution >= 0.6 is 11.3 Å². The van der Waals surface area contributed by atoms with E-state index in [9.17, 15) is 0 Å². The van der Waals surface area contributed by atoms with Crippen molar-refractivity contribution in [2.45, 2.75) is 46.1 Å². The molecule has 2 aromatic heterocycles. The quantitative estimate of drug-likeness (QED) is 0.878. The lowest BCUT2D eigenvalue weighted by Gasteiger charge is -2.27. The van der Waals surface area contributed by atoms with E-state index in [4.69, 9.17) is 15.0 Å². The fraction of sp³-hybridized carbons (Fsp3) is 0.571. The average Bonchev–Trinajstić information content (AvgIpc) is 3.03. The van der Waals surface area contributed by atoms with Gasteiger partial charge in [-0.2, -0.15) is 4.98 Å². The van der Waals surface area contributed by atoms with E-state index >= 15 is 0 Å². The Morgan fingerprint density at radius 1 is 1.35 bits per heavy atom. The number of nitrogens with two attached hydrogens (primary N) is 1. The lowest BCUT2D eigenvalue weighted by molar-refractivity contribution is -0.0583. The monoisotopic (exact) mass is 295 g/mol. The van der Waals surface area contributed by atoms with Gasteiger partial charge >= 0.3 is 0 Å². The zero-order valence-electron chi connectivity index (χ0n) is 12.4. The Hall–Kier alpha value is -1.40. The second kappa shape index (κ2) is 5.93. The van der Waals surface area contributed by atoms with Gasteiger partial charge in [0.1, 0.15) is 5.60 Å². The van der Waals surface area contributed by atoms with Gasteiger partial charge in [-0.3, -0.25) is 0 Å². The molecular weight excluding hydrogens is 274 g/mol. The highest BCUT2D eigenvalue weighted by Gasteiger charge is 2.34. The van der Waals surface area contributed by atoms with Gasteiger partial charge in [0.05, 0.1) is 9.88 Å². The Bertz CT molecular complexity index is 573. The lowest BCUT2D eigenvalue weighted by atomic mass is 9.96. The van der Waals surface area contributed by atoms with Crippen LogP contribution in [0.4, 0.5) is 5.00 Å². The van der Waals surface area contributed by atoms with Crippen LogP contribution in [0.15, 0.2) is 10.6 Å².